The smallest absolute Gasteiger partial charge is 0.324 e. The number of hydrogen-bond acceptors (Lipinski definition) is 6. The minimum absolute atomic E-state index is 0.0127. The van der Waals surface area contributed by atoms with Crippen molar-refractivity contribution >= 4 is 21.8 Å². The van der Waals surface area contributed by atoms with E-state index < -0.39 is 34.6 Å². The molecule has 3 rings (SSSR count). The predicted molar refractivity (Wildman–Crippen MR) is 129 cm³/mol. The van der Waals surface area contributed by atoms with E-state index in [9.17, 15) is 18.0 Å². The molecule has 0 heterocycles. The first kappa shape index (κ1) is 25.1. The van der Waals surface area contributed by atoms with Gasteiger partial charge in [-0.25, -0.2) is 8.42 Å². The third kappa shape index (κ3) is 6.30. The summed E-state index contributed by atoms with van der Waals surface area (Å²) in [4.78, 5) is 25.2. The third-order valence-corrected chi connectivity index (χ3v) is 6.69. The lowest BCUT2D eigenvalue weighted by atomic mass is 10.0. The van der Waals surface area contributed by atoms with Crippen LogP contribution in [0.25, 0.3) is 11.1 Å². The highest BCUT2D eigenvalue weighted by Crippen LogP contribution is 2.20. The fourth-order valence-electron chi connectivity index (χ4n) is 3.24. The van der Waals surface area contributed by atoms with Crippen LogP contribution in [0.4, 0.5) is 0 Å². The van der Waals surface area contributed by atoms with E-state index in [4.69, 9.17) is 9.47 Å². The van der Waals surface area contributed by atoms with Gasteiger partial charge < -0.3 is 9.47 Å². The molecular weight excluding hydrogens is 454 g/mol. The molecule has 0 bridgehead atoms. The monoisotopic (exact) mass is 481 g/mol. The van der Waals surface area contributed by atoms with Gasteiger partial charge >= 0.3 is 5.97 Å². The highest BCUT2D eigenvalue weighted by atomic mass is 32.2. The number of methoxy groups -OCH3 is 1. The molecule has 0 spiro atoms. The molecule has 0 radical (unpaired) electrons. The maximum absolute atomic E-state index is 12.7. The fourth-order valence-corrected chi connectivity index (χ4v) is 4.57. The summed E-state index contributed by atoms with van der Waals surface area (Å²) in [5, 5.41) is 0. The Balaban J connectivity index is 1.63. The molecule has 0 aliphatic rings. The van der Waals surface area contributed by atoms with Crippen molar-refractivity contribution in [3.63, 3.8) is 0 Å². The lowest BCUT2D eigenvalue weighted by molar-refractivity contribution is -0.145. The average molecular weight is 482 g/mol. The lowest BCUT2D eigenvalue weighted by Gasteiger charge is -2.20. The normalized spacial score (nSPS) is 12.2. The molecule has 7 nitrogen and oxygen atoms in total. The predicted octanol–water partition coefficient (Wildman–Crippen LogP) is 4.09. The van der Waals surface area contributed by atoms with E-state index >= 15 is 0 Å². The van der Waals surface area contributed by atoms with Crippen LogP contribution in [-0.2, 0) is 19.6 Å². The molecule has 1 N–H and O–H groups in total. The molecule has 0 saturated carbocycles. The van der Waals surface area contributed by atoms with Crippen molar-refractivity contribution in [2.75, 3.05) is 13.7 Å². The SMILES string of the molecule is COc1ccc(S(=O)(=O)N[C@@H](C(=O)OCC(=O)c2ccc(-c3ccccc3)cc2)C(C)C)cc1. The van der Waals surface area contributed by atoms with Crippen LogP contribution in [0.1, 0.15) is 24.2 Å². The molecule has 3 aromatic carbocycles. The van der Waals surface area contributed by atoms with Crippen molar-refractivity contribution in [3.05, 3.63) is 84.4 Å². The zero-order chi connectivity index (χ0) is 24.7. The molecule has 1 atom stereocenters. The number of rotatable bonds is 10. The van der Waals surface area contributed by atoms with Crippen molar-refractivity contribution in [2.45, 2.75) is 24.8 Å². The highest BCUT2D eigenvalue weighted by molar-refractivity contribution is 7.89. The summed E-state index contributed by atoms with van der Waals surface area (Å²) in [7, 11) is -2.51. The number of ketones is 1. The average Bonchev–Trinajstić information content (AvgIpc) is 2.86. The number of sulfonamides is 1. The zero-order valence-corrected chi connectivity index (χ0v) is 20.0. The summed E-state index contributed by atoms with van der Waals surface area (Å²) < 4.78 is 38.1. The first-order valence-corrected chi connectivity index (χ1v) is 12.2. The number of nitrogens with one attached hydrogen (secondary N) is 1. The summed E-state index contributed by atoms with van der Waals surface area (Å²) >= 11 is 0. The molecule has 0 amide bonds. The molecule has 0 unspecified atom stereocenters. The third-order valence-electron chi connectivity index (χ3n) is 5.23. The summed E-state index contributed by atoms with van der Waals surface area (Å²) in [6, 6.07) is 21.4. The van der Waals surface area contributed by atoms with Gasteiger partial charge in [-0.05, 0) is 41.3 Å². The molecule has 0 aromatic heterocycles. The van der Waals surface area contributed by atoms with Gasteiger partial charge in [-0.15, -0.1) is 0 Å². The van der Waals surface area contributed by atoms with E-state index in [1.165, 1.54) is 31.4 Å². The molecule has 8 heteroatoms. The minimum Gasteiger partial charge on any atom is -0.497 e. The van der Waals surface area contributed by atoms with Crippen molar-refractivity contribution < 1.29 is 27.5 Å². The summed E-state index contributed by atoms with van der Waals surface area (Å²) in [6.07, 6.45) is 0. The molecule has 0 saturated heterocycles. The fraction of sp³-hybridized carbons (Fsp3) is 0.231. The van der Waals surface area contributed by atoms with E-state index in [1.54, 1.807) is 26.0 Å². The second kappa shape index (κ2) is 11.1. The van der Waals surface area contributed by atoms with Crippen LogP contribution in [0.5, 0.6) is 5.75 Å². The van der Waals surface area contributed by atoms with Crippen LogP contribution >= 0.6 is 0 Å². The number of hydrogen-bond donors (Lipinski definition) is 1. The molecule has 0 fully saturated rings. The van der Waals surface area contributed by atoms with E-state index in [2.05, 4.69) is 4.72 Å². The molecule has 0 aliphatic carbocycles. The maximum atomic E-state index is 12.7. The molecule has 0 aliphatic heterocycles. The van der Waals surface area contributed by atoms with Gasteiger partial charge in [0.2, 0.25) is 10.0 Å². The van der Waals surface area contributed by atoms with E-state index in [0.29, 0.717) is 11.3 Å². The van der Waals surface area contributed by atoms with Crippen LogP contribution in [0.2, 0.25) is 0 Å². The van der Waals surface area contributed by atoms with Gasteiger partial charge in [-0.1, -0.05) is 68.4 Å². The number of esters is 1. The number of carbonyl (C=O) groups excluding carboxylic acids is 2. The van der Waals surface area contributed by atoms with Crippen molar-refractivity contribution in [1.29, 1.82) is 0 Å². The quantitative estimate of drug-likeness (QED) is 0.346. The van der Waals surface area contributed by atoms with Gasteiger partial charge in [0.15, 0.2) is 12.4 Å². The first-order chi connectivity index (χ1) is 16.2. The van der Waals surface area contributed by atoms with Crippen LogP contribution in [0, 0.1) is 5.92 Å². The van der Waals surface area contributed by atoms with Gasteiger partial charge in [0, 0.05) is 5.56 Å². The van der Waals surface area contributed by atoms with Crippen molar-refractivity contribution in [3.8, 4) is 16.9 Å². The Kier molecular flexibility index (Phi) is 8.20. The second-order valence-corrected chi connectivity index (χ2v) is 9.71. The Hall–Kier alpha value is -3.49. The van der Waals surface area contributed by atoms with Gasteiger partial charge in [-0.3, -0.25) is 9.59 Å². The molecule has 3 aromatic rings. The number of ether oxygens (including phenoxy) is 2. The van der Waals surface area contributed by atoms with Gasteiger partial charge in [0.25, 0.3) is 0 Å². The Morgan fingerprint density at radius 3 is 2.00 bits per heavy atom. The van der Waals surface area contributed by atoms with Gasteiger partial charge in [-0.2, -0.15) is 4.72 Å². The van der Waals surface area contributed by atoms with Crippen LogP contribution in [-0.4, -0.2) is 39.9 Å². The Labute approximate surface area is 199 Å². The van der Waals surface area contributed by atoms with Crippen LogP contribution in [0.3, 0.4) is 0 Å². The topological polar surface area (TPSA) is 98.8 Å². The molecule has 178 valence electrons. The van der Waals surface area contributed by atoms with Crippen molar-refractivity contribution in [2.24, 2.45) is 5.92 Å². The van der Waals surface area contributed by atoms with Gasteiger partial charge in [0.05, 0.1) is 12.0 Å². The number of benzene rings is 3. The first-order valence-electron chi connectivity index (χ1n) is 10.7. The minimum atomic E-state index is -3.99. The van der Waals surface area contributed by atoms with Crippen LogP contribution in [0.15, 0.2) is 83.8 Å². The second-order valence-electron chi connectivity index (χ2n) is 7.99. The van der Waals surface area contributed by atoms with E-state index in [0.717, 1.165) is 11.1 Å². The standard InChI is InChI=1S/C26H27NO6S/c1-18(2)25(27-34(30,31)23-15-13-22(32-3)14-16-23)26(29)33-17-24(28)21-11-9-20(10-12-21)19-7-5-4-6-8-19/h4-16,18,25,27H,17H2,1-3H3/t25-/m1/s1. The lowest BCUT2D eigenvalue weighted by Crippen LogP contribution is -2.45. The summed E-state index contributed by atoms with van der Waals surface area (Å²) in [5.74, 6) is -1.09. The number of Topliss-reactive ketones (excluding diaryl/α,β-unsaturated/α-hetero) is 1. The molecule has 34 heavy (non-hydrogen) atoms. The zero-order valence-electron chi connectivity index (χ0n) is 19.2. The maximum Gasteiger partial charge on any atom is 0.324 e. The largest absolute Gasteiger partial charge is 0.497 e. The highest BCUT2D eigenvalue weighted by Gasteiger charge is 2.30. The van der Waals surface area contributed by atoms with E-state index in [1.807, 2.05) is 42.5 Å². The number of carbonyl (C=O) groups is 2. The Bertz CT molecular complexity index is 1220. The van der Waals surface area contributed by atoms with Crippen LogP contribution < -0.4 is 9.46 Å². The molecular formula is C26H27NO6S. The summed E-state index contributed by atoms with van der Waals surface area (Å²) in [6.45, 7) is 2.89. The van der Waals surface area contributed by atoms with Gasteiger partial charge in [0.1, 0.15) is 11.8 Å². The Morgan fingerprint density at radius 1 is 0.853 bits per heavy atom. The summed E-state index contributed by atoms with van der Waals surface area (Å²) in [5.41, 5.74) is 2.38. The Morgan fingerprint density at radius 2 is 1.44 bits per heavy atom. The van der Waals surface area contributed by atoms with Crippen molar-refractivity contribution in [1.82, 2.24) is 4.72 Å². The van der Waals surface area contributed by atoms with E-state index in [-0.39, 0.29) is 10.7 Å².